The van der Waals surface area contributed by atoms with E-state index in [0.717, 1.165) is 31.5 Å². The van der Waals surface area contributed by atoms with E-state index in [4.69, 9.17) is 9.47 Å². The minimum Gasteiger partial charge on any atom is -0.439 e. The van der Waals surface area contributed by atoms with E-state index in [-0.39, 0.29) is 23.6 Å². The van der Waals surface area contributed by atoms with Crippen molar-refractivity contribution in [3.63, 3.8) is 0 Å². The van der Waals surface area contributed by atoms with Gasteiger partial charge in [0.05, 0.1) is 0 Å². The van der Waals surface area contributed by atoms with Crippen molar-refractivity contribution in [1.82, 2.24) is 14.9 Å². The molecule has 4 rings (SSSR count). The first-order valence-electron chi connectivity index (χ1n) is 9.74. The Morgan fingerprint density at radius 3 is 2.68 bits per heavy atom. The molecule has 1 aromatic heterocycles. The molecular weight excluding hydrogens is 361 g/mol. The third-order valence-electron chi connectivity index (χ3n) is 5.32. The molecule has 148 valence electrons. The molecule has 2 fully saturated rings. The predicted octanol–water partition coefficient (Wildman–Crippen LogP) is 3.46. The number of aryl methyl sites for hydroxylation is 1. The van der Waals surface area contributed by atoms with Gasteiger partial charge in [0.25, 0.3) is 0 Å². The summed E-state index contributed by atoms with van der Waals surface area (Å²) in [6.07, 6.45) is 2.45. The number of amides is 1. The molecule has 6 nitrogen and oxygen atoms in total. The zero-order valence-corrected chi connectivity index (χ0v) is 15.9. The molecule has 1 aromatic carbocycles. The smallest absolute Gasteiger partial charge is 0.225 e. The van der Waals surface area contributed by atoms with Crippen molar-refractivity contribution in [2.45, 2.75) is 32.1 Å². The van der Waals surface area contributed by atoms with E-state index in [1.165, 1.54) is 12.1 Å². The van der Waals surface area contributed by atoms with Crippen molar-refractivity contribution in [3.05, 3.63) is 47.7 Å². The van der Waals surface area contributed by atoms with E-state index in [1.807, 2.05) is 11.8 Å². The molecule has 1 amide bonds. The van der Waals surface area contributed by atoms with Crippen LogP contribution in [0, 0.1) is 18.7 Å². The largest absolute Gasteiger partial charge is 0.439 e. The van der Waals surface area contributed by atoms with Gasteiger partial charge in [-0.15, -0.1) is 0 Å². The number of rotatable bonds is 4. The maximum atomic E-state index is 13.1. The van der Waals surface area contributed by atoms with Crippen molar-refractivity contribution in [2.75, 3.05) is 26.3 Å². The zero-order chi connectivity index (χ0) is 19.5. The van der Waals surface area contributed by atoms with Crippen molar-refractivity contribution < 1.29 is 18.7 Å². The lowest BCUT2D eigenvalue weighted by Gasteiger charge is -2.26. The van der Waals surface area contributed by atoms with Gasteiger partial charge >= 0.3 is 0 Å². The van der Waals surface area contributed by atoms with Gasteiger partial charge in [-0.05, 0) is 50.5 Å². The first kappa shape index (κ1) is 18.8. The van der Waals surface area contributed by atoms with Crippen molar-refractivity contribution >= 4 is 5.91 Å². The molecule has 0 aliphatic carbocycles. The van der Waals surface area contributed by atoms with Crippen LogP contribution in [0.3, 0.4) is 0 Å². The number of ether oxygens (including phenoxy) is 2. The Labute approximate surface area is 163 Å². The lowest BCUT2D eigenvalue weighted by Crippen LogP contribution is -2.37. The summed E-state index contributed by atoms with van der Waals surface area (Å²) < 4.78 is 24.2. The molecule has 0 unspecified atom stereocenters. The van der Waals surface area contributed by atoms with Gasteiger partial charge in [-0.25, -0.2) is 9.37 Å². The van der Waals surface area contributed by atoms with Crippen LogP contribution in [0.1, 0.15) is 36.7 Å². The van der Waals surface area contributed by atoms with Crippen LogP contribution in [-0.4, -0.2) is 47.1 Å². The van der Waals surface area contributed by atoms with Crippen molar-refractivity contribution in [1.29, 1.82) is 0 Å². The Hall–Kier alpha value is -2.54. The normalized spacial score (nSPS) is 20.4. The Morgan fingerprint density at radius 1 is 1.18 bits per heavy atom. The fourth-order valence-corrected chi connectivity index (χ4v) is 3.79. The summed E-state index contributed by atoms with van der Waals surface area (Å²) in [5.74, 6) is 1.73. The van der Waals surface area contributed by atoms with Gasteiger partial charge in [-0.3, -0.25) is 4.79 Å². The fourth-order valence-electron chi connectivity index (χ4n) is 3.79. The molecule has 0 N–H and O–H groups in total. The number of benzene rings is 1. The number of hydrogen-bond donors (Lipinski definition) is 0. The monoisotopic (exact) mass is 385 g/mol. The molecular formula is C21H24FN3O3. The molecule has 2 aliphatic rings. The number of likely N-dealkylation sites (tertiary alicyclic amines) is 1. The second-order valence-electron chi connectivity index (χ2n) is 7.42. The number of nitrogens with zero attached hydrogens (tertiary/aromatic N) is 3. The summed E-state index contributed by atoms with van der Waals surface area (Å²) >= 11 is 0. The Balaban J connectivity index is 1.44. The van der Waals surface area contributed by atoms with Crippen molar-refractivity contribution in [3.8, 4) is 11.6 Å². The molecule has 2 aliphatic heterocycles. The molecule has 0 saturated carbocycles. The third-order valence-corrected chi connectivity index (χ3v) is 5.32. The second-order valence-corrected chi connectivity index (χ2v) is 7.42. The lowest BCUT2D eigenvalue weighted by molar-refractivity contribution is -0.137. The van der Waals surface area contributed by atoms with Gasteiger partial charge < -0.3 is 14.4 Å². The van der Waals surface area contributed by atoms with Crippen LogP contribution in [0.15, 0.2) is 30.3 Å². The highest BCUT2D eigenvalue weighted by molar-refractivity contribution is 5.79. The zero-order valence-electron chi connectivity index (χ0n) is 15.9. The summed E-state index contributed by atoms with van der Waals surface area (Å²) in [4.78, 5) is 23.8. The average molecular weight is 385 g/mol. The number of aromatic nitrogens is 2. The van der Waals surface area contributed by atoms with Crippen LogP contribution in [0.4, 0.5) is 4.39 Å². The quantitative estimate of drug-likeness (QED) is 0.807. The van der Waals surface area contributed by atoms with Gasteiger partial charge in [0, 0.05) is 49.9 Å². The molecule has 2 aromatic rings. The van der Waals surface area contributed by atoms with Crippen LogP contribution in [0.25, 0.3) is 0 Å². The minimum atomic E-state index is -0.313. The van der Waals surface area contributed by atoms with E-state index in [1.54, 1.807) is 18.2 Å². The summed E-state index contributed by atoms with van der Waals surface area (Å²) in [5.41, 5.74) is 0.802. The first-order chi connectivity index (χ1) is 13.6. The number of halogens is 1. The molecule has 3 heterocycles. The molecule has 7 heteroatoms. The van der Waals surface area contributed by atoms with E-state index >= 15 is 0 Å². The number of hydrogen-bond acceptors (Lipinski definition) is 5. The molecule has 1 atom stereocenters. The molecule has 28 heavy (non-hydrogen) atoms. The van der Waals surface area contributed by atoms with Crippen LogP contribution < -0.4 is 4.74 Å². The van der Waals surface area contributed by atoms with E-state index < -0.39 is 0 Å². The van der Waals surface area contributed by atoms with Gasteiger partial charge in [0.2, 0.25) is 11.8 Å². The third kappa shape index (κ3) is 4.30. The molecule has 0 spiro atoms. The van der Waals surface area contributed by atoms with Crippen LogP contribution in [0.5, 0.6) is 11.6 Å². The Kier molecular flexibility index (Phi) is 5.52. The number of carbonyl (C=O) groups excluding carboxylic acids is 1. The summed E-state index contributed by atoms with van der Waals surface area (Å²) in [6, 6.07) is 7.58. The molecule has 2 saturated heterocycles. The maximum absolute atomic E-state index is 13.1. The highest BCUT2D eigenvalue weighted by atomic mass is 19.1. The second kappa shape index (κ2) is 8.22. The van der Waals surface area contributed by atoms with Gasteiger partial charge in [-0.2, -0.15) is 4.98 Å². The Bertz CT molecular complexity index is 837. The topological polar surface area (TPSA) is 64.5 Å². The lowest BCUT2D eigenvalue weighted by atomic mass is 9.99. The SMILES string of the molecule is Cc1cc(Oc2ccc(F)cc2)nc([C@H]2CCN(C(=O)C3CCOCC3)C2)n1. The Morgan fingerprint density at radius 2 is 1.93 bits per heavy atom. The summed E-state index contributed by atoms with van der Waals surface area (Å²) in [5, 5.41) is 0. The van der Waals surface area contributed by atoms with E-state index in [2.05, 4.69) is 9.97 Å². The van der Waals surface area contributed by atoms with Crippen LogP contribution in [-0.2, 0) is 9.53 Å². The first-order valence-corrected chi connectivity index (χ1v) is 9.74. The molecule has 0 bridgehead atoms. The minimum absolute atomic E-state index is 0.0725. The van der Waals surface area contributed by atoms with Gasteiger partial charge in [0.1, 0.15) is 17.4 Å². The maximum Gasteiger partial charge on any atom is 0.225 e. The number of carbonyl (C=O) groups is 1. The highest BCUT2D eigenvalue weighted by Crippen LogP contribution is 2.30. The standard InChI is InChI=1S/C21H24FN3O3/c1-14-12-19(28-18-4-2-17(22)3-5-18)24-20(23-14)16-6-9-25(13-16)21(26)15-7-10-27-11-8-15/h2-5,12,15-16H,6-11,13H2,1H3/t16-/m0/s1. The van der Waals surface area contributed by atoms with Crippen LogP contribution in [0.2, 0.25) is 0 Å². The summed E-state index contributed by atoms with van der Waals surface area (Å²) in [6.45, 7) is 4.59. The van der Waals surface area contributed by atoms with Gasteiger partial charge in [0.15, 0.2) is 0 Å². The van der Waals surface area contributed by atoms with Crippen molar-refractivity contribution in [2.24, 2.45) is 5.92 Å². The molecule has 0 radical (unpaired) electrons. The van der Waals surface area contributed by atoms with Crippen LogP contribution >= 0.6 is 0 Å². The summed E-state index contributed by atoms with van der Waals surface area (Å²) in [7, 11) is 0. The highest BCUT2D eigenvalue weighted by Gasteiger charge is 2.33. The predicted molar refractivity (Wildman–Crippen MR) is 101 cm³/mol. The van der Waals surface area contributed by atoms with E-state index in [0.29, 0.717) is 37.2 Å². The van der Waals surface area contributed by atoms with Gasteiger partial charge in [-0.1, -0.05) is 0 Å². The van der Waals surface area contributed by atoms with E-state index in [9.17, 15) is 9.18 Å². The fraction of sp³-hybridized carbons (Fsp3) is 0.476. The average Bonchev–Trinajstić information content (AvgIpc) is 3.20.